The molecule has 0 aliphatic heterocycles. The number of hydrogen-bond acceptors (Lipinski definition) is 2. The van der Waals surface area contributed by atoms with E-state index in [0.29, 0.717) is 11.4 Å². The topological polar surface area (TPSA) is 6.48 Å². The Bertz CT molecular complexity index is 3970. The second-order valence-electron chi connectivity index (χ2n) is 18.4. The maximum Gasteiger partial charge on any atom is 0.0727 e. The molecule has 0 bridgehead atoms. The van der Waals surface area contributed by atoms with Crippen molar-refractivity contribution in [1.29, 1.82) is 0 Å². The van der Waals surface area contributed by atoms with Gasteiger partial charge in [0, 0.05) is 34.1 Å². The van der Waals surface area contributed by atoms with Crippen molar-refractivity contribution in [3.63, 3.8) is 0 Å². The molecule has 1 atom stereocenters. The number of rotatable bonds is 8. The highest BCUT2D eigenvalue weighted by Gasteiger charge is 2.52. The van der Waals surface area contributed by atoms with Gasteiger partial charge in [0.1, 0.15) is 0 Å². The van der Waals surface area contributed by atoms with E-state index in [1.165, 1.54) is 0 Å². The van der Waals surface area contributed by atoms with E-state index in [1.54, 1.807) is 0 Å². The van der Waals surface area contributed by atoms with Crippen molar-refractivity contribution >= 4 is 34.1 Å². The molecule has 14 rings (SSSR count). The minimum atomic E-state index is -0.795. The van der Waals surface area contributed by atoms with E-state index >= 15 is 0 Å². The molecule has 11 aromatic carbocycles. The molecule has 3 aliphatic carbocycles. The van der Waals surface area contributed by atoms with Gasteiger partial charge in [-0.05, 0) is 151 Å². The summed E-state index contributed by atoms with van der Waals surface area (Å²) in [6.45, 7) is 0. The first-order chi connectivity index (χ1) is 36.8. The molecule has 0 amide bonds. The first-order valence-corrected chi connectivity index (χ1v) is 23.9. The quantitative estimate of drug-likeness (QED) is 0.150. The van der Waals surface area contributed by atoms with Crippen molar-refractivity contribution < 1.29 is 6.85 Å². The molecule has 0 saturated heterocycles. The summed E-state index contributed by atoms with van der Waals surface area (Å²) >= 11 is 0. The Labute approximate surface area is 416 Å². The number of benzene rings is 11. The molecule has 1 unspecified atom stereocenters. The van der Waals surface area contributed by atoms with Crippen LogP contribution in [-0.2, 0) is 10.8 Å². The molecule has 11 aromatic rings. The van der Waals surface area contributed by atoms with Gasteiger partial charge in [0.25, 0.3) is 0 Å². The van der Waals surface area contributed by atoms with Gasteiger partial charge in [0.05, 0.1) is 17.7 Å². The fraction of sp³-hybridized carbons (Fsp3) is 0.0294. The van der Waals surface area contributed by atoms with Crippen molar-refractivity contribution in [1.82, 2.24) is 0 Å². The Morgan fingerprint density at radius 1 is 0.243 bits per heavy atom. The molecule has 2 nitrogen and oxygen atoms in total. The summed E-state index contributed by atoms with van der Waals surface area (Å²) in [6.07, 6.45) is 0. The minimum absolute atomic E-state index is 0.0741. The van der Waals surface area contributed by atoms with Crippen LogP contribution >= 0.6 is 0 Å². The summed E-state index contributed by atoms with van der Waals surface area (Å²) in [6, 6.07) is 86.2. The third-order valence-electron chi connectivity index (χ3n) is 15.0. The van der Waals surface area contributed by atoms with Gasteiger partial charge in [-0.15, -0.1) is 0 Å². The average molecular weight is 896 g/mol. The van der Waals surface area contributed by atoms with Crippen LogP contribution in [0.25, 0.3) is 33.4 Å². The normalized spacial score (nSPS) is 16.0. The summed E-state index contributed by atoms with van der Waals surface area (Å²) in [7, 11) is 0. The Morgan fingerprint density at radius 2 is 0.600 bits per heavy atom. The zero-order valence-corrected chi connectivity index (χ0v) is 38.1. The molecule has 0 N–H and O–H groups in total. The van der Waals surface area contributed by atoms with Gasteiger partial charge in [0.2, 0.25) is 0 Å². The Balaban J connectivity index is 1.04. The van der Waals surface area contributed by atoms with Crippen molar-refractivity contribution in [2.24, 2.45) is 0 Å². The fourth-order valence-electron chi connectivity index (χ4n) is 12.3. The number of nitrogens with zero attached hydrogens (tertiary/aromatic N) is 2. The van der Waals surface area contributed by atoms with Crippen LogP contribution < -0.4 is 9.80 Å². The monoisotopic (exact) mass is 895 g/mol. The van der Waals surface area contributed by atoms with Gasteiger partial charge in [-0.25, -0.2) is 0 Å². The van der Waals surface area contributed by atoms with Gasteiger partial charge in [0.15, 0.2) is 0 Å². The summed E-state index contributed by atoms with van der Waals surface area (Å²) in [4.78, 5) is 4.21. The van der Waals surface area contributed by atoms with Crippen molar-refractivity contribution in [2.45, 2.75) is 10.8 Å². The van der Waals surface area contributed by atoms with Crippen LogP contribution in [-0.4, -0.2) is 0 Å². The largest absolute Gasteiger partial charge is 0.310 e. The molecular formula is C68H46N2. The van der Waals surface area contributed by atoms with Gasteiger partial charge >= 0.3 is 0 Å². The van der Waals surface area contributed by atoms with E-state index in [-0.39, 0.29) is 17.8 Å². The zero-order chi connectivity index (χ0) is 50.6. The smallest absolute Gasteiger partial charge is 0.0727 e. The maximum absolute atomic E-state index is 9.62. The van der Waals surface area contributed by atoms with Crippen LogP contribution in [0.1, 0.15) is 51.4 Å². The van der Waals surface area contributed by atoms with Crippen LogP contribution in [0.15, 0.2) is 279 Å². The lowest BCUT2D eigenvalue weighted by atomic mass is 9.68. The third kappa shape index (κ3) is 5.68. The van der Waals surface area contributed by atoms with Crippen LogP contribution in [0.3, 0.4) is 0 Å². The van der Waals surface area contributed by atoms with Gasteiger partial charge in [-0.1, -0.05) is 206 Å². The Hall–Kier alpha value is -8.98. The second kappa shape index (κ2) is 15.8. The van der Waals surface area contributed by atoms with E-state index in [9.17, 15) is 2.74 Å². The SMILES string of the molecule is [2H]c1c([2H])c([2H])c(N(c2ccc3c(c2)-c2ccccc2C3(c2ccccc2)c2ccccc2)c2ccc3c(c2)C2(c4ccccc4-c4ccc(N(c5ccccc5)c5ccccc5)cc42)c2ccccc2-3)c([2H])c1[2H]. The van der Waals surface area contributed by atoms with Crippen molar-refractivity contribution in [2.75, 3.05) is 9.80 Å². The first kappa shape index (κ1) is 35.2. The van der Waals surface area contributed by atoms with E-state index < -0.39 is 29.0 Å². The lowest BCUT2D eigenvalue weighted by molar-refractivity contribution is 0.768. The summed E-state index contributed by atoms with van der Waals surface area (Å²) in [5, 5.41) is 0. The van der Waals surface area contributed by atoms with Crippen LogP contribution in [0.5, 0.6) is 0 Å². The van der Waals surface area contributed by atoms with Crippen molar-refractivity contribution in [3.05, 3.63) is 323 Å². The summed E-state index contributed by atoms with van der Waals surface area (Å²) in [5.41, 5.74) is 18.7. The van der Waals surface area contributed by atoms with E-state index in [4.69, 9.17) is 4.11 Å². The molecular weight excluding hydrogens is 845 g/mol. The molecule has 0 radical (unpaired) electrons. The van der Waals surface area contributed by atoms with Crippen LogP contribution in [0.4, 0.5) is 34.1 Å². The standard InChI is InChI=1S/C68H46N2/c1-6-22-47(23-7-1)67(48-24-8-2-9-25-48)61-35-19-18-34-57(61)60-44-52(40-43-64(60)67)70(51-30-14-5-15-31-51)54-39-42-59-56-33-17-21-37-63(56)68(66(59)46-54)62-36-20-16-32-55(62)58-41-38-53(45-65(58)68)69(49-26-10-3-11-27-49)50-28-12-4-13-29-50/h1-46H/i5D,14D,15D,30D,31D. The lowest BCUT2D eigenvalue weighted by Crippen LogP contribution is -2.28. The molecule has 0 heterocycles. The Morgan fingerprint density at radius 3 is 1.10 bits per heavy atom. The van der Waals surface area contributed by atoms with Crippen molar-refractivity contribution in [3.8, 4) is 33.4 Å². The zero-order valence-electron chi connectivity index (χ0n) is 43.1. The van der Waals surface area contributed by atoms with E-state index in [1.807, 2.05) is 17.0 Å². The number of hydrogen-bond donors (Lipinski definition) is 0. The molecule has 1 spiro atoms. The van der Waals surface area contributed by atoms with Gasteiger partial charge in [-0.3, -0.25) is 0 Å². The van der Waals surface area contributed by atoms with E-state index in [0.717, 1.165) is 95.0 Å². The molecule has 0 saturated carbocycles. The summed E-state index contributed by atoms with van der Waals surface area (Å²) < 4.78 is 46.1. The van der Waals surface area contributed by atoms with Crippen LogP contribution in [0.2, 0.25) is 0 Å². The highest BCUT2D eigenvalue weighted by atomic mass is 15.1. The predicted octanol–water partition coefficient (Wildman–Crippen LogP) is 17.3. The maximum atomic E-state index is 9.62. The molecule has 3 aliphatic rings. The summed E-state index contributed by atoms with van der Waals surface area (Å²) in [5.74, 6) is 0. The molecule has 70 heavy (non-hydrogen) atoms. The number of fused-ring (bicyclic) bond motifs is 13. The van der Waals surface area contributed by atoms with E-state index in [2.05, 4.69) is 241 Å². The Kier molecular flexibility index (Phi) is 7.95. The fourth-order valence-corrected chi connectivity index (χ4v) is 12.3. The first-order valence-electron chi connectivity index (χ1n) is 26.4. The highest BCUT2D eigenvalue weighted by Crippen LogP contribution is 2.64. The number of anilines is 6. The molecule has 0 fully saturated rings. The van der Waals surface area contributed by atoms with Gasteiger partial charge < -0.3 is 9.80 Å². The predicted molar refractivity (Wildman–Crippen MR) is 289 cm³/mol. The molecule has 2 heteroatoms. The second-order valence-corrected chi connectivity index (χ2v) is 18.4. The van der Waals surface area contributed by atoms with Crippen LogP contribution in [0, 0.1) is 0 Å². The molecule has 0 aromatic heterocycles. The molecule has 328 valence electrons. The van der Waals surface area contributed by atoms with Gasteiger partial charge in [-0.2, -0.15) is 0 Å². The third-order valence-corrected chi connectivity index (χ3v) is 15.0. The lowest BCUT2D eigenvalue weighted by Gasteiger charge is -2.34. The highest BCUT2D eigenvalue weighted by molar-refractivity contribution is 5.98. The number of para-hydroxylation sites is 3. The minimum Gasteiger partial charge on any atom is -0.310 e. The average Bonchev–Trinajstić information content (AvgIpc) is 4.17.